The summed E-state index contributed by atoms with van der Waals surface area (Å²) in [5.41, 5.74) is 2.79. The van der Waals surface area contributed by atoms with Crippen LogP contribution in [0.4, 0.5) is 0 Å². The Hall–Kier alpha value is -1.35. The first-order chi connectivity index (χ1) is 8.10. The van der Waals surface area contributed by atoms with Gasteiger partial charge in [-0.2, -0.15) is 5.26 Å². The van der Waals surface area contributed by atoms with E-state index in [2.05, 4.69) is 11.4 Å². The molecule has 17 heavy (non-hydrogen) atoms. The Kier molecular flexibility index (Phi) is 5.16. The molecule has 0 fully saturated rings. The molecule has 0 aliphatic heterocycles. The highest BCUT2D eigenvalue weighted by Crippen LogP contribution is 2.12. The van der Waals surface area contributed by atoms with E-state index in [0.29, 0.717) is 25.4 Å². The zero-order valence-electron chi connectivity index (χ0n) is 10.5. The lowest BCUT2D eigenvalue weighted by molar-refractivity contribution is 0.0644. The molecule has 0 bridgehead atoms. The predicted molar refractivity (Wildman–Crippen MR) is 64.5 cm³/mol. The lowest BCUT2D eigenvalue weighted by Gasteiger charge is -2.10. The molecule has 0 aliphatic carbocycles. The molecule has 1 aromatic rings. The number of ether oxygens (including phenoxy) is 1. The Morgan fingerprint density at radius 2 is 2.35 bits per heavy atom. The molecule has 2 N–H and O–H groups in total. The summed E-state index contributed by atoms with van der Waals surface area (Å²) >= 11 is 0. The second-order valence-corrected chi connectivity index (χ2v) is 4.05. The van der Waals surface area contributed by atoms with Crippen LogP contribution in [0.3, 0.4) is 0 Å². The second-order valence-electron chi connectivity index (χ2n) is 4.05. The van der Waals surface area contributed by atoms with Gasteiger partial charge >= 0.3 is 0 Å². The number of hydrogen-bond donors (Lipinski definition) is 2. The maximum atomic E-state index is 9.46. The maximum absolute atomic E-state index is 9.46. The lowest BCUT2D eigenvalue weighted by Crippen LogP contribution is -2.29. The molecule has 0 amide bonds. The van der Waals surface area contributed by atoms with Crippen molar-refractivity contribution in [2.45, 2.75) is 19.6 Å². The number of aliphatic hydroxyl groups excluding tert-OH is 1. The van der Waals surface area contributed by atoms with Crippen molar-refractivity contribution in [1.82, 2.24) is 9.88 Å². The fourth-order valence-electron chi connectivity index (χ4n) is 1.67. The van der Waals surface area contributed by atoms with Gasteiger partial charge in [0.05, 0.1) is 12.7 Å². The minimum absolute atomic E-state index is 0.324. The van der Waals surface area contributed by atoms with Gasteiger partial charge in [-0.15, -0.1) is 0 Å². The average molecular weight is 237 g/mol. The molecule has 5 heteroatoms. The molecule has 1 atom stereocenters. The van der Waals surface area contributed by atoms with Gasteiger partial charge in [0.2, 0.25) is 0 Å². The van der Waals surface area contributed by atoms with Gasteiger partial charge in [0.1, 0.15) is 11.8 Å². The summed E-state index contributed by atoms with van der Waals surface area (Å²) in [5.74, 6) is 0. The molecule has 0 aliphatic rings. The van der Waals surface area contributed by atoms with E-state index in [0.717, 1.165) is 11.3 Å². The molecule has 1 unspecified atom stereocenters. The lowest BCUT2D eigenvalue weighted by atomic mass is 10.2. The van der Waals surface area contributed by atoms with Crippen molar-refractivity contribution in [3.8, 4) is 6.07 Å². The highest BCUT2D eigenvalue weighted by molar-refractivity contribution is 5.33. The summed E-state index contributed by atoms with van der Waals surface area (Å²) in [6.45, 7) is 3.42. The van der Waals surface area contributed by atoms with Gasteiger partial charge in [-0.1, -0.05) is 0 Å². The van der Waals surface area contributed by atoms with Crippen molar-refractivity contribution < 1.29 is 9.84 Å². The Labute approximate surface area is 102 Å². The highest BCUT2D eigenvalue weighted by Gasteiger charge is 2.09. The standard InChI is InChI=1S/C12H19N3O2/c1-9-10(4-11(5-13)15(9)2)6-14-7-12(16)8-17-3/h4,12,14,16H,6-8H2,1-3H3. The molecule has 1 heterocycles. The van der Waals surface area contributed by atoms with Crippen molar-refractivity contribution in [3.05, 3.63) is 23.0 Å². The van der Waals surface area contributed by atoms with E-state index in [1.807, 2.05) is 24.6 Å². The zero-order valence-corrected chi connectivity index (χ0v) is 10.5. The van der Waals surface area contributed by atoms with E-state index in [9.17, 15) is 5.11 Å². The maximum Gasteiger partial charge on any atom is 0.120 e. The molecule has 1 rings (SSSR count). The summed E-state index contributed by atoms with van der Waals surface area (Å²) in [6, 6.07) is 4.01. The molecular formula is C12H19N3O2. The number of methoxy groups -OCH3 is 1. The Bertz CT molecular complexity index is 407. The van der Waals surface area contributed by atoms with Crippen LogP contribution in [0.1, 0.15) is 17.0 Å². The normalized spacial score (nSPS) is 12.4. The van der Waals surface area contributed by atoms with Gasteiger partial charge in [0.15, 0.2) is 0 Å². The van der Waals surface area contributed by atoms with E-state index in [1.54, 1.807) is 7.11 Å². The molecule has 5 nitrogen and oxygen atoms in total. The van der Waals surface area contributed by atoms with Crippen molar-refractivity contribution in [2.24, 2.45) is 7.05 Å². The van der Waals surface area contributed by atoms with Crippen LogP contribution in [-0.2, 0) is 18.3 Å². The number of rotatable bonds is 6. The molecule has 0 saturated heterocycles. The minimum atomic E-state index is -0.501. The third kappa shape index (κ3) is 3.56. The van der Waals surface area contributed by atoms with Gasteiger partial charge in [0.25, 0.3) is 0 Å². The van der Waals surface area contributed by atoms with Crippen LogP contribution in [0.25, 0.3) is 0 Å². The highest BCUT2D eigenvalue weighted by atomic mass is 16.5. The number of hydrogen-bond acceptors (Lipinski definition) is 4. The second kappa shape index (κ2) is 6.40. The summed E-state index contributed by atoms with van der Waals surface area (Å²) in [7, 11) is 3.43. The Morgan fingerprint density at radius 3 is 2.88 bits per heavy atom. The van der Waals surface area contributed by atoms with E-state index in [-0.39, 0.29) is 0 Å². The van der Waals surface area contributed by atoms with Crippen molar-refractivity contribution in [3.63, 3.8) is 0 Å². The smallest absolute Gasteiger partial charge is 0.120 e. The van der Waals surface area contributed by atoms with Crippen LogP contribution in [0, 0.1) is 18.3 Å². The van der Waals surface area contributed by atoms with Crippen LogP contribution in [0.2, 0.25) is 0 Å². The topological polar surface area (TPSA) is 70.2 Å². The molecule has 1 aromatic heterocycles. The number of nitrogens with zero attached hydrogens (tertiary/aromatic N) is 2. The van der Waals surface area contributed by atoms with Gasteiger partial charge in [0, 0.05) is 32.9 Å². The molecule has 0 aromatic carbocycles. The number of nitrogens with one attached hydrogen (secondary N) is 1. The van der Waals surface area contributed by atoms with E-state index < -0.39 is 6.10 Å². The first kappa shape index (κ1) is 13.7. The summed E-state index contributed by atoms with van der Waals surface area (Å²) < 4.78 is 6.70. The molecule has 0 spiro atoms. The summed E-state index contributed by atoms with van der Waals surface area (Å²) in [5, 5.41) is 21.5. The Morgan fingerprint density at radius 1 is 1.65 bits per heavy atom. The third-order valence-corrected chi connectivity index (χ3v) is 2.81. The van der Waals surface area contributed by atoms with Crippen LogP contribution in [-0.4, -0.2) is 36.0 Å². The molecule has 94 valence electrons. The third-order valence-electron chi connectivity index (χ3n) is 2.81. The average Bonchev–Trinajstić information content (AvgIpc) is 2.57. The monoisotopic (exact) mass is 237 g/mol. The first-order valence-electron chi connectivity index (χ1n) is 5.53. The van der Waals surface area contributed by atoms with Gasteiger partial charge in [-0.3, -0.25) is 0 Å². The van der Waals surface area contributed by atoms with E-state index >= 15 is 0 Å². The SMILES string of the molecule is COCC(O)CNCc1cc(C#N)n(C)c1C. The fourth-order valence-corrected chi connectivity index (χ4v) is 1.67. The number of nitriles is 1. The van der Waals surface area contributed by atoms with Gasteiger partial charge < -0.3 is 19.7 Å². The van der Waals surface area contributed by atoms with Crippen LogP contribution in [0.15, 0.2) is 6.07 Å². The van der Waals surface area contributed by atoms with Gasteiger partial charge in [-0.05, 0) is 18.6 Å². The zero-order chi connectivity index (χ0) is 12.8. The molecule has 0 saturated carbocycles. The molecular weight excluding hydrogens is 218 g/mol. The van der Waals surface area contributed by atoms with Crippen molar-refractivity contribution in [1.29, 1.82) is 5.26 Å². The van der Waals surface area contributed by atoms with Crippen LogP contribution >= 0.6 is 0 Å². The fraction of sp³-hybridized carbons (Fsp3) is 0.583. The van der Waals surface area contributed by atoms with E-state index in [4.69, 9.17) is 10.00 Å². The minimum Gasteiger partial charge on any atom is -0.389 e. The Balaban J connectivity index is 2.50. The van der Waals surface area contributed by atoms with Crippen LogP contribution in [0.5, 0.6) is 0 Å². The predicted octanol–water partition coefficient (Wildman–Crippen LogP) is 0.302. The molecule has 0 radical (unpaired) electrons. The number of aromatic nitrogens is 1. The van der Waals surface area contributed by atoms with Gasteiger partial charge in [-0.25, -0.2) is 0 Å². The van der Waals surface area contributed by atoms with Crippen molar-refractivity contribution in [2.75, 3.05) is 20.3 Å². The van der Waals surface area contributed by atoms with E-state index in [1.165, 1.54) is 0 Å². The summed E-state index contributed by atoms with van der Waals surface area (Å²) in [4.78, 5) is 0. The largest absolute Gasteiger partial charge is 0.389 e. The quantitative estimate of drug-likeness (QED) is 0.746. The van der Waals surface area contributed by atoms with Crippen molar-refractivity contribution >= 4 is 0 Å². The number of aliphatic hydroxyl groups is 1. The van der Waals surface area contributed by atoms with Crippen LogP contribution < -0.4 is 5.32 Å². The first-order valence-corrected chi connectivity index (χ1v) is 5.53. The summed E-state index contributed by atoms with van der Waals surface area (Å²) in [6.07, 6.45) is -0.501.